The molecule has 94 valence electrons. The minimum absolute atomic E-state index is 0.268. The molecule has 0 radical (unpaired) electrons. The predicted molar refractivity (Wildman–Crippen MR) is 79.7 cm³/mol. The van der Waals surface area contributed by atoms with E-state index >= 15 is 0 Å². The van der Waals surface area contributed by atoms with Gasteiger partial charge in [-0.1, -0.05) is 59.6 Å². The lowest BCUT2D eigenvalue weighted by atomic mass is 10.1. The largest absolute Gasteiger partial charge is 0.380 e. The van der Waals surface area contributed by atoms with Gasteiger partial charge in [0.15, 0.2) is 0 Å². The van der Waals surface area contributed by atoms with Crippen LogP contribution in [0.1, 0.15) is 12.5 Å². The third-order valence-electron chi connectivity index (χ3n) is 2.74. The van der Waals surface area contributed by atoms with Crippen molar-refractivity contribution in [1.29, 1.82) is 0 Å². The van der Waals surface area contributed by atoms with E-state index in [-0.39, 0.29) is 6.04 Å². The molecule has 1 atom stereocenters. The third-order valence-corrected chi connectivity index (χ3v) is 3.37. The number of anilines is 1. The average molecular weight is 280 g/mol. The topological polar surface area (TPSA) is 12.0 Å². The molecular weight excluding hydrogens is 265 g/mol. The Kier molecular flexibility index (Phi) is 4.51. The molecule has 0 saturated heterocycles. The molecule has 2 aromatic carbocycles. The first-order valence-corrected chi connectivity index (χ1v) is 6.67. The zero-order valence-electron chi connectivity index (χ0n) is 10.2. The molecule has 0 aliphatic rings. The molecule has 18 heavy (non-hydrogen) atoms. The van der Waals surface area contributed by atoms with E-state index in [1.54, 1.807) is 0 Å². The Labute approximate surface area is 118 Å². The van der Waals surface area contributed by atoms with Crippen LogP contribution in [0.15, 0.2) is 48.5 Å². The van der Waals surface area contributed by atoms with Crippen molar-refractivity contribution >= 4 is 28.9 Å². The van der Waals surface area contributed by atoms with Gasteiger partial charge in [0.05, 0.1) is 15.7 Å². The predicted octanol–water partition coefficient (Wildman–Crippen LogP) is 5.04. The quantitative estimate of drug-likeness (QED) is 0.827. The summed E-state index contributed by atoms with van der Waals surface area (Å²) in [5.41, 5.74) is 2.10. The van der Waals surface area contributed by atoms with Gasteiger partial charge in [-0.05, 0) is 31.0 Å². The molecule has 0 bridgehead atoms. The van der Waals surface area contributed by atoms with Gasteiger partial charge in [-0.2, -0.15) is 0 Å². The summed E-state index contributed by atoms with van der Waals surface area (Å²) in [4.78, 5) is 0. The molecule has 2 rings (SSSR count). The highest BCUT2D eigenvalue weighted by molar-refractivity contribution is 6.39. The van der Waals surface area contributed by atoms with Crippen LogP contribution in [-0.4, -0.2) is 6.04 Å². The molecule has 0 heterocycles. The minimum atomic E-state index is 0.268. The van der Waals surface area contributed by atoms with Gasteiger partial charge in [0.1, 0.15) is 0 Å². The Balaban J connectivity index is 2.06. The van der Waals surface area contributed by atoms with Crippen molar-refractivity contribution in [3.05, 3.63) is 64.1 Å². The van der Waals surface area contributed by atoms with E-state index < -0.39 is 0 Å². The van der Waals surface area contributed by atoms with E-state index in [0.29, 0.717) is 10.0 Å². The second kappa shape index (κ2) is 6.12. The van der Waals surface area contributed by atoms with Crippen molar-refractivity contribution in [2.24, 2.45) is 0 Å². The first-order chi connectivity index (χ1) is 8.66. The summed E-state index contributed by atoms with van der Waals surface area (Å²) in [6, 6.07) is 16.1. The van der Waals surface area contributed by atoms with Crippen molar-refractivity contribution in [2.45, 2.75) is 19.4 Å². The van der Waals surface area contributed by atoms with Crippen LogP contribution in [0.4, 0.5) is 5.69 Å². The fourth-order valence-corrected chi connectivity index (χ4v) is 2.41. The van der Waals surface area contributed by atoms with Gasteiger partial charge in [-0.25, -0.2) is 0 Å². The first kappa shape index (κ1) is 13.3. The van der Waals surface area contributed by atoms with Gasteiger partial charge in [0.2, 0.25) is 0 Å². The molecule has 0 aromatic heterocycles. The second-order valence-corrected chi connectivity index (χ2v) is 5.15. The lowest BCUT2D eigenvalue weighted by Gasteiger charge is -2.17. The molecule has 0 amide bonds. The van der Waals surface area contributed by atoms with Gasteiger partial charge < -0.3 is 5.32 Å². The molecule has 1 N–H and O–H groups in total. The number of benzene rings is 2. The van der Waals surface area contributed by atoms with E-state index in [2.05, 4.69) is 24.4 Å². The molecule has 0 saturated carbocycles. The molecule has 0 aliphatic carbocycles. The van der Waals surface area contributed by atoms with E-state index in [4.69, 9.17) is 23.2 Å². The number of para-hydroxylation sites is 1. The van der Waals surface area contributed by atoms with Crippen LogP contribution in [0, 0.1) is 0 Å². The highest BCUT2D eigenvalue weighted by atomic mass is 35.5. The van der Waals surface area contributed by atoms with Crippen LogP contribution in [-0.2, 0) is 6.42 Å². The number of halogens is 2. The summed E-state index contributed by atoms with van der Waals surface area (Å²) < 4.78 is 0. The summed E-state index contributed by atoms with van der Waals surface area (Å²) in [5, 5.41) is 4.67. The molecule has 2 aromatic rings. The molecule has 0 spiro atoms. The molecule has 1 unspecified atom stereocenters. The summed E-state index contributed by atoms with van der Waals surface area (Å²) >= 11 is 12.3. The zero-order chi connectivity index (χ0) is 13.0. The van der Waals surface area contributed by atoms with Gasteiger partial charge in [-0.3, -0.25) is 0 Å². The van der Waals surface area contributed by atoms with Gasteiger partial charge >= 0.3 is 0 Å². The Morgan fingerprint density at radius 3 is 2.17 bits per heavy atom. The summed E-state index contributed by atoms with van der Waals surface area (Å²) in [6.45, 7) is 2.12. The van der Waals surface area contributed by atoms with Crippen molar-refractivity contribution in [2.75, 3.05) is 5.32 Å². The van der Waals surface area contributed by atoms with Gasteiger partial charge in [-0.15, -0.1) is 0 Å². The van der Waals surface area contributed by atoms with Crippen LogP contribution in [0.5, 0.6) is 0 Å². The van der Waals surface area contributed by atoms with Crippen LogP contribution in [0.3, 0.4) is 0 Å². The van der Waals surface area contributed by atoms with Crippen LogP contribution in [0.2, 0.25) is 10.0 Å². The van der Waals surface area contributed by atoms with Crippen molar-refractivity contribution in [3.8, 4) is 0 Å². The van der Waals surface area contributed by atoms with Crippen molar-refractivity contribution < 1.29 is 0 Å². The Morgan fingerprint density at radius 2 is 1.56 bits per heavy atom. The van der Waals surface area contributed by atoms with E-state index in [9.17, 15) is 0 Å². The fraction of sp³-hybridized carbons (Fsp3) is 0.200. The lowest BCUT2D eigenvalue weighted by Crippen LogP contribution is -2.18. The van der Waals surface area contributed by atoms with E-state index in [1.807, 2.05) is 36.4 Å². The fourth-order valence-electron chi connectivity index (χ4n) is 1.90. The number of nitrogens with one attached hydrogen (secondary N) is 1. The third kappa shape index (κ3) is 3.41. The molecule has 3 heteroatoms. The maximum Gasteiger partial charge on any atom is 0.0721 e. The van der Waals surface area contributed by atoms with E-state index in [0.717, 1.165) is 12.1 Å². The van der Waals surface area contributed by atoms with Crippen molar-refractivity contribution in [1.82, 2.24) is 0 Å². The summed E-state index contributed by atoms with van der Waals surface area (Å²) in [7, 11) is 0. The standard InChI is InChI=1S/C15H15Cl2N/c1-11(10-12-6-3-2-4-7-12)18-15-13(16)8-5-9-14(15)17/h2-9,11,18H,10H2,1H3. The number of rotatable bonds is 4. The average Bonchev–Trinajstić information content (AvgIpc) is 2.35. The van der Waals surface area contributed by atoms with Gasteiger partial charge in [0.25, 0.3) is 0 Å². The number of hydrogen-bond acceptors (Lipinski definition) is 1. The SMILES string of the molecule is CC(Cc1ccccc1)Nc1c(Cl)cccc1Cl. The van der Waals surface area contributed by atoms with E-state index in [1.165, 1.54) is 5.56 Å². The van der Waals surface area contributed by atoms with Gasteiger partial charge in [0, 0.05) is 6.04 Å². The highest BCUT2D eigenvalue weighted by Gasteiger charge is 2.09. The van der Waals surface area contributed by atoms with Crippen LogP contribution < -0.4 is 5.32 Å². The summed E-state index contributed by atoms with van der Waals surface area (Å²) in [5.74, 6) is 0. The molecule has 0 fully saturated rings. The summed E-state index contributed by atoms with van der Waals surface area (Å²) in [6.07, 6.45) is 0.933. The maximum absolute atomic E-state index is 6.13. The normalized spacial score (nSPS) is 12.2. The Morgan fingerprint density at radius 1 is 0.944 bits per heavy atom. The van der Waals surface area contributed by atoms with Crippen LogP contribution in [0.25, 0.3) is 0 Å². The molecule has 1 nitrogen and oxygen atoms in total. The maximum atomic E-state index is 6.13. The molecule has 0 aliphatic heterocycles. The van der Waals surface area contributed by atoms with Crippen LogP contribution >= 0.6 is 23.2 Å². The monoisotopic (exact) mass is 279 g/mol. The zero-order valence-corrected chi connectivity index (χ0v) is 11.7. The minimum Gasteiger partial charge on any atom is -0.380 e. The lowest BCUT2D eigenvalue weighted by molar-refractivity contribution is 0.790. The van der Waals surface area contributed by atoms with Crippen molar-refractivity contribution in [3.63, 3.8) is 0 Å². The first-order valence-electron chi connectivity index (χ1n) is 5.91. The molecular formula is C15H15Cl2N. The second-order valence-electron chi connectivity index (χ2n) is 4.33. The highest BCUT2D eigenvalue weighted by Crippen LogP contribution is 2.30. The Hall–Kier alpha value is -1.18. The Bertz CT molecular complexity index is 491. The number of hydrogen-bond donors (Lipinski definition) is 1. The smallest absolute Gasteiger partial charge is 0.0721 e.